The normalized spacial score (nSPS) is 11.8. The largest absolute Gasteiger partial charge is 0.396 e. The van der Waals surface area contributed by atoms with Crippen LogP contribution in [0.15, 0.2) is 17.3 Å². The molecule has 0 aromatic carbocycles. The number of halogens is 1. The van der Waals surface area contributed by atoms with Gasteiger partial charge in [-0.1, -0.05) is 16.8 Å². The van der Waals surface area contributed by atoms with Crippen LogP contribution in [0.25, 0.3) is 0 Å². The Morgan fingerprint density at radius 2 is 2.42 bits per heavy atom. The van der Waals surface area contributed by atoms with Crippen LogP contribution in [0.5, 0.6) is 0 Å². The molecular weight excluding hydrogens is 194 g/mol. The van der Waals surface area contributed by atoms with E-state index in [-0.39, 0.29) is 0 Å². The Kier molecular flexibility index (Phi) is 3.56. The van der Waals surface area contributed by atoms with Gasteiger partial charge in [0.25, 0.3) is 0 Å². The molecule has 1 rings (SSSR count). The van der Waals surface area contributed by atoms with Gasteiger partial charge in [0, 0.05) is 0 Å². The number of rotatable bonds is 3. The predicted molar refractivity (Wildman–Crippen MR) is 53.2 cm³/mol. The summed E-state index contributed by atoms with van der Waals surface area (Å²) in [5.41, 5.74) is 0.869. The molecule has 0 aliphatic rings. The smallest absolute Gasteiger partial charge is 0.114 e. The van der Waals surface area contributed by atoms with Gasteiger partial charge in [-0.05, 0) is 26.0 Å². The standard InChI is InChI=1S/C8H10ClNOS/c1-3-11-10-6(2)7-4-5-8(9)12-7/h4-5H,3H2,1-2H3/b10-6-. The van der Waals surface area contributed by atoms with Crippen LogP contribution in [0, 0.1) is 0 Å². The molecule has 0 radical (unpaired) electrons. The van der Waals surface area contributed by atoms with Crippen molar-refractivity contribution in [1.82, 2.24) is 0 Å². The Labute approximate surface area is 80.8 Å². The molecule has 12 heavy (non-hydrogen) atoms. The highest BCUT2D eigenvalue weighted by Crippen LogP contribution is 2.21. The molecule has 0 unspecified atom stereocenters. The van der Waals surface area contributed by atoms with E-state index in [2.05, 4.69) is 5.16 Å². The lowest BCUT2D eigenvalue weighted by Gasteiger charge is -1.95. The van der Waals surface area contributed by atoms with E-state index in [1.165, 1.54) is 11.3 Å². The lowest BCUT2D eigenvalue weighted by atomic mass is 10.3. The molecule has 0 N–H and O–H groups in total. The Morgan fingerprint density at radius 3 is 2.92 bits per heavy atom. The Morgan fingerprint density at radius 1 is 1.67 bits per heavy atom. The Hall–Kier alpha value is -0.540. The third kappa shape index (κ3) is 2.50. The topological polar surface area (TPSA) is 21.6 Å². The van der Waals surface area contributed by atoms with Crippen molar-refractivity contribution in [2.24, 2.45) is 5.16 Å². The summed E-state index contributed by atoms with van der Waals surface area (Å²) in [6.45, 7) is 4.40. The average molecular weight is 204 g/mol. The van der Waals surface area contributed by atoms with Crippen LogP contribution in [0.3, 0.4) is 0 Å². The quantitative estimate of drug-likeness (QED) is 0.546. The maximum absolute atomic E-state index is 5.76. The number of thiophene rings is 1. The van der Waals surface area contributed by atoms with Gasteiger partial charge < -0.3 is 4.84 Å². The second kappa shape index (κ2) is 4.48. The van der Waals surface area contributed by atoms with Crippen LogP contribution in [0.1, 0.15) is 18.7 Å². The van der Waals surface area contributed by atoms with Crippen molar-refractivity contribution in [2.75, 3.05) is 6.61 Å². The maximum atomic E-state index is 5.76. The molecule has 0 atom stereocenters. The summed E-state index contributed by atoms with van der Waals surface area (Å²) in [6.07, 6.45) is 0. The van der Waals surface area contributed by atoms with Crippen LogP contribution < -0.4 is 0 Å². The fourth-order valence-corrected chi connectivity index (χ4v) is 1.69. The summed E-state index contributed by atoms with van der Waals surface area (Å²) in [4.78, 5) is 5.96. The molecular formula is C8H10ClNOS. The summed E-state index contributed by atoms with van der Waals surface area (Å²) in [5, 5.41) is 3.89. The van der Waals surface area contributed by atoms with Crippen molar-refractivity contribution >= 4 is 28.6 Å². The van der Waals surface area contributed by atoms with Crippen molar-refractivity contribution in [2.45, 2.75) is 13.8 Å². The van der Waals surface area contributed by atoms with Crippen molar-refractivity contribution in [1.29, 1.82) is 0 Å². The molecule has 0 amide bonds. The molecule has 0 saturated carbocycles. The minimum absolute atomic E-state index is 0.594. The molecule has 0 bridgehead atoms. The van der Waals surface area contributed by atoms with Gasteiger partial charge in [0.2, 0.25) is 0 Å². The number of hydrogen-bond donors (Lipinski definition) is 0. The van der Waals surface area contributed by atoms with Crippen molar-refractivity contribution in [3.63, 3.8) is 0 Å². The highest BCUT2D eigenvalue weighted by Gasteiger charge is 2.00. The molecule has 0 spiro atoms. The maximum Gasteiger partial charge on any atom is 0.114 e. The number of oxime groups is 1. The lowest BCUT2D eigenvalue weighted by molar-refractivity contribution is 0.159. The van der Waals surface area contributed by atoms with Gasteiger partial charge in [0.15, 0.2) is 0 Å². The molecule has 0 fully saturated rings. The van der Waals surface area contributed by atoms with E-state index in [4.69, 9.17) is 16.4 Å². The van der Waals surface area contributed by atoms with E-state index in [0.717, 1.165) is 14.9 Å². The van der Waals surface area contributed by atoms with E-state index in [1.807, 2.05) is 26.0 Å². The van der Waals surface area contributed by atoms with Crippen LogP contribution in [-0.4, -0.2) is 12.3 Å². The molecule has 4 heteroatoms. The van der Waals surface area contributed by atoms with Gasteiger partial charge in [0.1, 0.15) is 6.61 Å². The minimum Gasteiger partial charge on any atom is -0.396 e. The van der Waals surface area contributed by atoms with E-state index < -0.39 is 0 Å². The first-order valence-corrected chi connectivity index (χ1v) is 4.85. The molecule has 0 saturated heterocycles. The fraction of sp³-hybridized carbons (Fsp3) is 0.375. The zero-order valence-electron chi connectivity index (χ0n) is 7.00. The second-order valence-electron chi connectivity index (χ2n) is 2.20. The first-order chi connectivity index (χ1) is 5.74. The van der Waals surface area contributed by atoms with E-state index in [9.17, 15) is 0 Å². The van der Waals surface area contributed by atoms with Crippen molar-refractivity contribution < 1.29 is 4.84 Å². The summed E-state index contributed by atoms with van der Waals surface area (Å²) < 4.78 is 0.774. The zero-order chi connectivity index (χ0) is 8.97. The van der Waals surface area contributed by atoms with Gasteiger partial charge in [-0.2, -0.15) is 0 Å². The molecule has 2 nitrogen and oxygen atoms in total. The third-order valence-electron chi connectivity index (χ3n) is 1.26. The SMILES string of the molecule is CCO/N=C(/C)c1ccc(Cl)s1. The highest BCUT2D eigenvalue weighted by atomic mass is 35.5. The number of hydrogen-bond acceptors (Lipinski definition) is 3. The summed E-state index contributed by atoms with van der Waals surface area (Å²) >= 11 is 7.26. The lowest BCUT2D eigenvalue weighted by Crippen LogP contribution is -1.92. The Balaban J connectivity index is 2.70. The van der Waals surface area contributed by atoms with E-state index in [0.29, 0.717) is 6.61 Å². The second-order valence-corrected chi connectivity index (χ2v) is 3.91. The van der Waals surface area contributed by atoms with Gasteiger partial charge in [-0.3, -0.25) is 0 Å². The van der Waals surface area contributed by atoms with Gasteiger partial charge >= 0.3 is 0 Å². The predicted octanol–water partition coefficient (Wildman–Crippen LogP) is 3.16. The summed E-state index contributed by atoms with van der Waals surface area (Å²) in [5.74, 6) is 0. The molecule has 0 aliphatic carbocycles. The summed E-state index contributed by atoms with van der Waals surface area (Å²) in [7, 11) is 0. The molecule has 1 heterocycles. The minimum atomic E-state index is 0.594. The zero-order valence-corrected chi connectivity index (χ0v) is 8.58. The van der Waals surface area contributed by atoms with Crippen LogP contribution in [0.2, 0.25) is 4.34 Å². The molecule has 66 valence electrons. The molecule has 1 aromatic heterocycles. The van der Waals surface area contributed by atoms with Gasteiger partial charge in [0.05, 0.1) is 14.9 Å². The monoisotopic (exact) mass is 203 g/mol. The average Bonchev–Trinajstić information content (AvgIpc) is 2.47. The van der Waals surface area contributed by atoms with Gasteiger partial charge in [-0.25, -0.2) is 0 Å². The first kappa shape index (κ1) is 9.55. The highest BCUT2D eigenvalue weighted by molar-refractivity contribution is 7.18. The Bertz CT molecular complexity index is 282. The van der Waals surface area contributed by atoms with Crippen molar-refractivity contribution in [3.05, 3.63) is 21.3 Å². The summed E-state index contributed by atoms with van der Waals surface area (Å²) in [6, 6.07) is 3.79. The molecule has 1 aromatic rings. The third-order valence-corrected chi connectivity index (χ3v) is 2.60. The van der Waals surface area contributed by atoms with Crippen molar-refractivity contribution in [3.8, 4) is 0 Å². The van der Waals surface area contributed by atoms with Crippen LogP contribution in [0.4, 0.5) is 0 Å². The fourth-order valence-electron chi connectivity index (χ4n) is 0.715. The van der Waals surface area contributed by atoms with E-state index in [1.54, 1.807) is 0 Å². The first-order valence-electron chi connectivity index (χ1n) is 3.66. The molecule has 0 aliphatic heterocycles. The van der Waals surface area contributed by atoms with Gasteiger partial charge in [-0.15, -0.1) is 11.3 Å². The number of nitrogens with zero attached hydrogens (tertiary/aromatic N) is 1. The van der Waals surface area contributed by atoms with Crippen LogP contribution >= 0.6 is 22.9 Å². The van der Waals surface area contributed by atoms with E-state index >= 15 is 0 Å². The van der Waals surface area contributed by atoms with Crippen LogP contribution in [-0.2, 0) is 4.84 Å².